The molecule has 0 aromatic carbocycles. The molecule has 0 amide bonds. The van der Waals surface area contributed by atoms with E-state index >= 15 is 0 Å². The first kappa shape index (κ1) is 14.1. The van der Waals surface area contributed by atoms with Crippen LogP contribution < -0.4 is 0 Å². The molecule has 1 aliphatic rings. The van der Waals surface area contributed by atoms with Gasteiger partial charge < -0.3 is 0 Å². The summed E-state index contributed by atoms with van der Waals surface area (Å²) in [5, 5.41) is 0. The first-order chi connectivity index (χ1) is 7.27. The van der Waals surface area contributed by atoms with Crippen molar-refractivity contribution in [1.82, 2.24) is 9.97 Å². The maximum atomic E-state index is 4.39. The highest BCUT2D eigenvalue weighted by Crippen LogP contribution is 2.30. The number of aryl methyl sites for hydroxylation is 2. The van der Waals surface area contributed by atoms with E-state index in [0.717, 1.165) is 12.2 Å². The van der Waals surface area contributed by atoms with E-state index in [1.807, 2.05) is 40.8 Å². The molecule has 1 aliphatic carbocycles. The molecule has 0 fully saturated rings. The predicted molar refractivity (Wildman–Crippen MR) is 66.2 cm³/mol. The number of fused-ring (bicyclic) bond motifs is 1. The molecule has 0 aliphatic heterocycles. The van der Waals surface area contributed by atoms with Gasteiger partial charge >= 0.3 is 0 Å². The van der Waals surface area contributed by atoms with Crippen LogP contribution in [0.4, 0.5) is 0 Å². The third-order valence-corrected chi connectivity index (χ3v) is 2.37. The summed E-state index contributed by atoms with van der Waals surface area (Å²) in [6, 6.07) is 0. The SMILES string of the molecule is CC.CC.Cc1ncc2c(n1)CCC2C. The minimum Gasteiger partial charge on any atom is -0.241 e. The van der Waals surface area contributed by atoms with Crippen LogP contribution in [0, 0.1) is 6.92 Å². The quantitative estimate of drug-likeness (QED) is 0.646. The smallest absolute Gasteiger partial charge is 0.125 e. The van der Waals surface area contributed by atoms with Crippen molar-refractivity contribution in [1.29, 1.82) is 0 Å². The molecular weight excluding hydrogens is 184 g/mol. The summed E-state index contributed by atoms with van der Waals surface area (Å²) in [6.45, 7) is 12.2. The van der Waals surface area contributed by atoms with E-state index < -0.39 is 0 Å². The topological polar surface area (TPSA) is 25.8 Å². The van der Waals surface area contributed by atoms with Gasteiger partial charge in [-0.3, -0.25) is 0 Å². The van der Waals surface area contributed by atoms with Crippen molar-refractivity contribution >= 4 is 0 Å². The summed E-state index contributed by atoms with van der Waals surface area (Å²) in [6.07, 6.45) is 4.36. The van der Waals surface area contributed by atoms with Crippen LogP contribution in [0.15, 0.2) is 6.20 Å². The molecule has 15 heavy (non-hydrogen) atoms. The van der Waals surface area contributed by atoms with E-state index in [0.29, 0.717) is 5.92 Å². The summed E-state index contributed by atoms with van der Waals surface area (Å²) in [5.41, 5.74) is 2.63. The standard InChI is InChI=1S/C9H12N2.2C2H6/c1-6-3-4-9-8(6)5-10-7(2)11-9;2*1-2/h5-6H,3-4H2,1-2H3;2*1-2H3. The van der Waals surface area contributed by atoms with Gasteiger partial charge in [-0.25, -0.2) is 9.97 Å². The van der Waals surface area contributed by atoms with E-state index in [9.17, 15) is 0 Å². The van der Waals surface area contributed by atoms with E-state index in [4.69, 9.17) is 0 Å². The molecule has 2 heteroatoms. The normalized spacial score (nSPS) is 16.8. The summed E-state index contributed by atoms with van der Waals surface area (Å²) in [5.74, 6) is 1.57. The number of aromatic nitrogens is 2. The van der Waals surface area contributed by atoms with Gasteiger partial charge in [0.05, 0.1) is 0 Å². The lowest BCUT2D eigenvalue weighted by atomic mass is 10.1. The van der Waals surface area contributed by atoms with Crippen LogP contribution >= 0.6 is 0 Å². The molecule has 0 saturated carbocycles. The zero-order chi connectivity index (χ0) is 11.8. The van der Waals surface area contributed by atoms with Crippen LogP contribution in [0.25, 0.3) is 0 Å². The Labute approximate surface area is 94.2 Å². The zero-order valence-electron chi connectivity index (χ0n) is 11.0. The molecule has 86 valence electrons. The van der Waals surface area contributed by atoms with Crippen LogP contribution in [0.3, 0.4) is 0 Å². The second kappa shape index (κ2) is 7.38. The summed E-state index contributed by atoms with van der Waals surface area (Å²) >= 11 is 0. The summed E-state index contributed by atoms with van der Waals surface area (Å²) < 4.78 is 0. The minimum absolute atomic E-state index is 0.672. The Kier molecular flexibility index (Phi) is 6.93. The van der Waals surface area contributed by atoms with Crippen molar-refractivity contribution in [2.75, 3.05) is 0 Å². The fraction of sp³-hybridized carbons (Fsp3) is 0.692. The Morgan fingerprint density at radius 2 is 1.80 bits per heavy atom. The highest BCUT2D eigenvalue weighted by Gasteiger charge is 2.19. The number of nitrogens with zero attached hydrogens (tertiary/aromatic N) is 2. The number of hydrogen-bond acceptors (Lipinski definition) is 2. The molecule has 0 N–H and O–H groups in total. The van der Waals surface area contributed by atoms with Crippen molar-refractivity contribution < 1.29 is 0 Å². The molecule has 1 atom stereocenters. The molecular formula is C13H24N2. The maximum absolute atomic E-state index is 4.39. The Bertz CT molecular complexity index is 282. The van der Waals surface area contributed by atoms with E-state index in [-0.39, 0.29) is 0 Å². The lowest BCUT2D eigenvalue weighted by Gasteiger charge is -2.01. The van der Waals surface area contributed by atoms with Gasteiger partial charge in [0.1, 0.15) is 5.82 Å². The zero-order valence-corrected chi connectivity index (χ0v) is 11.0. The molecule has 2 nitrogen and oxygen atoms in total. The van der Waals surface area contributed by atoms with Crippen molar-refractivity contribution in [2.45, 2.75) is 60.3 Å². The average molecular weight is 208 g/mol. The van der Waals surface area contributed by atoms with Crippen LogP contribution in [-0.2, 0) is 6.42 Å². The predicted octanol–water partition coefficient (Wildman–Crippen LogP) is 3.89. The molecule has 0 bridgehead atoms. The van der Waals surface area contributed by atoms with Gasteiger partial charge in [0.25, 0.3) is 0 Å². The van der Waals surface area contributed by atoms with Gasteiger partial charge in [-0.1, -0.05) is 34.6 Å². The molecule has 0 radical (unpaired) electrons. The van der Waals surface area contributed by atoms with Crippen molar-refractivity contribution in [3.05, 3.63) is 23.3 Å². The van der Waals surface area contributed by atoms with E-state index in [1.54, 1.807) is 0 Å². The second-order valence-corrected chi connectivity index (χ2v) is 3.26. The Morgan fingerprint density at radius 1 is 1.20 bits per heavy atom. The molecule has 1 aromatic heterocycles. The highest BCUT2D eigenvalue weighted by molar-refractivity contribution is 5.26. The number of rotatable bonds is 0. The number of hydrogen-bond donors (Lipinski definition) is 0. The van der Waals surface area contributed by atoms with Crippen molar-refractivity contribution in [3.63, 3.8) is 0 Å². The van der Waals surface area contributed by atoms with Crippen molar-refractivity contribution in [3.8, 4) is 0 Å². The van der Waals surface area contributed by atoms with E-state index in [1.165, 1.54) is 17.7 Å². The van der Waals surface area contributed by atoms with Gasteiger partial charge in [0, 0.05) is 11.9 Å². The van der Waals surface area contributed by atoms with Crippen LogP contribution in [-0.4, -0.2) is 9.97 Å². The molecule has 2 rings (SSSR count). The molecule has 1 aromatic rings. The average Bonchev–Trinajstić information content (AvgIpc) is 2.65. The Balaban J connectivity index is 0.000000442. The lowest BCUT2D eigenvalue weighted by Crippen LogP contribution is -1.94. The largest absolute Gasteiger partial charge is 0.241 e. The highest BCUT2D eigenvalue weighted by atomic mass is 14.9. The first-order valence-electron chi connectivity index (χ1n) is 6.10. The maximum Gasteiger partial charge on any atom is 0.125 e. The third-order valence-electron chi connectivity index (χ3n) is 2.37. The fourth-order valence-corrected chi connectivity index (χ4v) is 1.65. The van der Waals surface area contributed by atoms with Crippen LogP contribution in [0.2, 0.25) is 0 Å². The molecule has 0 saturated heterocycles. The van der Waals surface area contributed by atoms with Crippen LogP contribution in [0.5, 0.6) is 0 Å². The third kappa shape index (κ3) is 3.61. The van der Waals surface area contributed by atoms with Crippen molar-refractivity contribution in [2.24, 2.45) is 0 Å². The van der Waals surface area contributed by atoms with Crippen LogP contribution in [0.1, 0.15) is 64.0 Å². The van der Waals surface area contributed by atoms with Gasteiger partial charge in [0.15, 0.2) is 0 Å². The Morgan fingerprint density at radius 3 is 2.40 bits per heavy atom. The molecule has 1 heterocycles. The van der Waals surface area contributed by atoms with E-state index in [2.05, 4.69) is 16.9 Å². The van der Waals surface area contributed by atoms with Gasteiger partial charge in [0.2, 0.25) is 0 Å². The van der Waals surface area contributed by atoms with Gasteiger partial charge in [-0.2, -0.15) is 0 Å². The second-order valence-electron chi connectivity index (χ2n) is 3.26. The van der Waals surface area contributed by atoms with Gasteiger partial charge in [-0.15, -0.1) is 0 Å². The lowest BCUT2D eigenvalue weighted by molar-refractivity contribution is 0.745. The first-order valence-corrected chi connectivity index (χ1v) is 6.10. The fourth-order valence-electron chi connectivity index (χ4n) is 1.65. The minimum atomic E-state index is 0.672. The molecule has 0 spiro atoms. The summed E-state index contributed by atoms with van der Waals surface area (Å²) in [4.78, 5) is 8.58. The molecule has 1 unspecified atom stereocenters. The van der Waals surface area contributed by atoms with Gasteiger partial charge in [-0.05, 0) is 31.2 Å². The monoisotopic (exact) mass is 208 g/mol. The summed E-state index contributed by atoms with van der Waals surface area (Å²) in [7, 11) is 0. The Hall–Kier alpha value is -0.920.